The molecule has 2 fully saturated rings. The molecule has 1 saturated carbocycles. The first kappa shape index (κ1) is 22.7. The topological polar surface area (TPSA) is 54.0 Å². The number of benzene rings is 2. The van der Waals surface area contributed by atoms with E-state index in [0.29, 0.717) is 13.2 Å². The minimum atomic E-state index is -0.0690. The standard InChI is InChI=1S/C27H34O5/c1-29-24-14-13-19(16-25(24)30-2)15-22-17-31-26(20-9-5-3-6-10-20)23(22)18-32-27(28)21-11-7-4-8-12-21/h3,5-6,9-10,13-14,16,21-23,26H,4,7-8,11-12,15,17-18H2,1-2H3/t22-,23-,26?/m0/s1. The maximum Gasteiger partial charge on any atom is 0.308 e. The van der Waals surface area contributed by atoms with Crippen LogP contribution in [0, 0.1) is 17.8 Å². The molecule has 5 heteroatoms. The number of methoxy groups -OCH3 is 2. The molecule has 0 amide bonds. The molecule has 1 aliphatic heterocycles. The molecule has 2 aromatic rings. The quantitative estimate of drug-likeness (QED) is 0.519. The fraction of sp³-hybridized carbons (Fsp3) is 0.519. The molecule has 32 heavy (non-hydrogen) atoms. The van der Waals surface area contributed by atoms with Gasteiger partial charge in [-0.2, -0.15) is 0 Å². The lowest BCUT2D eigenvalue weighted by molar-refractivity contribution is -0.152. The molecule has 1 saturated heterocycles. The predicted molar refractivity (Wildman–Crippen MR) is 123 cm³/mol. The van der Waals surface area contributed by atoms with Gasteiger partial charge in [0, 0.05) is 5.92 Å². The maximum absolute atomic E-state index is 12.7. The Bertz CT molecular complexity index is 875. The smallest absolute Gasteiger partial charge is 0.308 e. The second-order valence-corrected chi connectivity index (χ2v) is 8.95. The van der Waals surface area contributed by atoms with Crippen molar-refractivity contribution in [2.75, 3.05) is 27.4 Å². The molecule has 172 valence electrons. The minimum absolute atomic E-state index is 0.0340. The van der Waals surface area contributed by atoms with Gasteiger partial charge in [0.05, 0.1) is 39.5 Å². The monoisotopic (exact) mass is 438 g/mol. The van der Waals surface area contributed by atoms with Gasteiger partial charge in [0.2, 0.25) is 0 Å². The highest BCUT2D eigenvalue weighted by atomic mass is 16.5. The third-order valence-electron chi connectivity index (χ3n) is 6.91. The summed E-state index contributed by atoms with van der Waals surface area (Å²) in [5, 5.41) is 0. The summed E-state index contributed by atoms with van der Waals surface area (Å²) in [4.78, 5) is 12.7. The average Bonchev–Trinajstić information content (AvgIpc) is 3.25. The van der Waals surface area contributed by atoms with E-state index in [9.17, 15) is 4.79 Å². The van der Waals surface area contributed by atoms with Crippen molar-refractivity contribution >= 4 is 5.97 Å². The zero-order valence-corrected chi connectivity index (χ0v) is 19.1. The van der Waals surface area contributed by atoms with Gasteiger partial charge >= 0.3 is 5.97 Å². The minimum Gasteiger partial charge on any atom is -0.493 e. The normalized spacial score (nSPS) is 23.6. The van der Waals surface area contributed by atoms with Crippen molar-refractivity contribution in [3.8, 4) is 11.5 Å². The maximum atomic E-state index is 12.7. The van der Waals surface area contributed by atoms with E-state index >= 15 is 0 Å². The molecule has 2 aliphatic rings. The van der Waals surface area contributed by atoms with Crippen molar-refractivity contribution < 1.29 is 23.7 Å². The van der Waals surface area contributed by atoms with E-state index in [2.05, 4.69) is 18.2 Å². The Balaban J connectivity index is 1.49. The third-order valence-corrected chi connectivity index (χ3v) is 6.91. The van der Waals surface area contributed by atoms with E-state index in [1.165, 1.54) is 6.42 Å². The van der Waals surface area contributed by atoms with Crippen molar-refractivity contribution in [3.63, 3.8) is 0 Å². The Kier molecular flexibility index (Phi) is 7.69. The van der Waals surface area contributed by atoms with Crippen molar-refractivity contribution in [1.29, 1.82) is 0 Å². The summed E-state index contributed by atoms with van der Waals surface area (Å²) in [6, 6.07) is 16.3. The van der Waals surface area contributed by atoms with Crippen LogP contribution in [0.1, 0.15) is 49.3 Å². The largest absolute Gasteiger partial charge is 0.493 e. The Labute approximate surface area is 191 Å². The molecule has 0 N–H and O–H groups in total. The molecule has 0 bridgehead atoms. The fourth-order valence-electron chi connectivity index (χ4n) is 5.09. The lowest BCUT2D eigenvalue weighted by Gasteiger charge is -2.25. The molecule has 5 nitrogen and oxygen atoms in total. The van der Waals surface area contributed by atoms with E-state index in [-0.39, 0.29) is 29.8 Å². The SMILES string of the molecule is COc1ccc(C[C@H]2COC(c3ccccc3)[C@H]2COC(=O)C2CCCCC2)cc1OC. The summed E-state index contributed by atoms with van der Waals surface area (Å²) < 4.78 is 23.0. The van der Waals surface area contributed by atoms with Crippen LogP contribution >= 0.6 is 0 Å². The van der Waals surface area contributed by atoms with Gasteiger partial charge in [-0.1, -0.05) is 55.7 Å². The molecule has 0 radical (unpaired) electrons. The summed E-state index contributed by atoms with van der Waals surface area (Å²) in [7, 11) is 3.29. The number of ether oxygens (including phenoxy) is 4. The second-order valence-electron chi connectivity index (χ2n) is 8.95. The highest BCUT2D eigenvalue weighted by Gasteiger charge is 2.39. The highest BCUT2D eigenvalue weighted by molar-refractivity contribution is 5.72. The van der Waals surface area contributed by atoms with Crippen molar-refractivity contribution in [1.82, 2.24) is 0 Å². The van der Waals surface area contributed by atoms with Gasteiger partial charge in [-0.05, 0) is 48.4 Å². The van der Waals surface area contributed by atoms with E-state index < -0.39 is 0 Å². The Hall–Kier alpha value is -2.53. The molecule has 3 atom stereocenters. The third kappa shape index (κ3) is 5.26. The molecule has 1 aliphatic carbocycles. The van der Waals surface area contributed by atoms with Crippen LogP contribution in [0.25, 0.3) is 0 Å². The Morgan fingerprint density at radius 3 is 2.44 bits per heavy atom. The lowest BCUT2D eigenvalue weighted by atomic mass is 9.84. The van der Waals surface area contributed by atoms with E-state index in [4.69, 9.17) is 18.9 Å². The van der Waals surface area contributed by atoms with Crippen LogP contribution in [0.3, 0.4) is 0 Å². The first-order chi connectivity index (χ1) is 15.7. The van der Waals surface area contributed by atoms with Crippen LogP contribution in [0.4, 0.5) is 0 Å². The van der Waals surface area contributed by atoms with Crippen molar-refractivity contribution in [3.05, 3.63) is 59.7 Å². The van der Waals surface area contributed by atoms with E-state index in [0.717, 1.165) is 54.7 Å². The van der Waals surface area contributed by atoms with E-state index in [1.807, 2.05) is 30.3 Å². The first-order valence-electron chi connectivity index (χ1n) is 11.7. The van der Waals surface area contributed by atoms with Crippen molar-refractivity contribution in [2.24, 2.45) is 17.8 Å². The van der Waals surface area contributed by atoms with Crippen LogP contribution < -0.4 is 9.47 Å². The van der Waals surface area contributed by atoms with Crippen LogP contribution in [0.2, 0.25) is 0 Å². The van der Waals surface area contributed by atoms with Gasteiger partial charge in [-0.25, -0.2) is 0 Å². The first-order valence-corrected chi connectivity index (χ1v) is 11.7. The molecule has 0 spiro atoms. The summed E-state index contributed by atoms with van der Waals surface area (Å²) in [6.45, 7) is 1.03. The van der Waals surface area contributed by atoms with Crippen LogP contribution in [0.15, 0.2) is 48.5 Å². The summed E-state index contributed by atoms with van der Waals surface area (Å²) in [5.41, 5.74) is 2.30. The van der Waals surface area contributed by atoms with Crippen molar-refractivity contribution in [2.45, 2.75) is 44.6 Å². The summed E-state index contributed by atoms with van der Waals surface area (Å²) in [6.07, 6.45) is 6.15. The number of hydrogen-bond donors (Lipinski definition) is 0. The number of esters is 1. The Morgan fingerprint density at radius 1 is 0.969 bits per heavy atom. The molecular formula is C27H34O5. The van der Waals surface area contributed by atoms with Crippen LogP contribution in [-0.2, 0) is 20.7 Å². The predicted octanol–water partition coefficient (Wildman–Crippen LogP) is 5.37. The summed E-state index contributed by atoms with van der Waals surface area (Å²) in [5.74, 6) is 1.83. The van der Waals surface area contributed by atoms with Gasteiger partial charge in [0.15, 0.2) is 11.5 Å². The molecule has 0 aromatic heterocycles. The Morgan fingerprint density at radius 2 is 1.72 bits per heavy atom. The second kappa shape index (κ2) is 10.9. The number of hydrogen-bond acceptors (Lipinski definition) is 5. The molecule has 2 aromatic carbocycles. The molecule has 1 unspecified atom stereocenters. The zero-order valence-electron chi connectivity index (χ0n) is 19.1. The number of carbonyl (C=O) groups is 1. The molecule has 1 heterocycles. The average molecular weight is 439 g/mol. The van der Waals surface area contributed by atoms with Crippen LogP contribution in [-0.4, -0.2) is 33.4 Å². The van der Waals surface area contributed by atoms with Gasteiger partial charge in [-0.15, -0.1) is 0 Å². The van der Waals surface area contributed by atoms with Gasteiger partial charge in [0.1, 0.15) is 0 Å². The molecular weight excluding hydrogens is 404 g/mol. The zero-order chi connectivity index (χ0) is 22.3. The lowest BCUT2D eigenvalue weighted by Crippen LogP contribution is -2.27. The fourth-order valence-corrected chi connectivity index (χ4v) is 5.09. The van der Waals surface area contributed by atoms with E-state index in [1.54, 1.807) is 14.2 Å². The number of rotatable bonds is 8. The molecule has 4 rings (SSSR count). The van der Waals surface area contributed by atoms with Crippen LogP contribution in [0.5, 0.6) is 11.5 Å². The van der Waals surface area contributed by atoms with Gasteiger partial charge in [0.25, 0.3) is 0 Å². The summed E-state index contributed by atoms with van der Waals surface area (Å²) >= 11 is 0. The van der Waals surface area contributed by atoms with Gasteiger partial charge < -0.3 is 18.9 Å². The van der Waals surface area contributed by atoms with Gasteiger partial charge in [-0.3, -0.25) is 4.79 Å². The number of carbonyl (C=O) groups excluding carboxylic acids is 1. The highest BCUT2D eigenvalue weighted by Crippen LogP contribution is 2.41.